The van der Waals surface area contributed by atoms with Crippen LogP contribution in [0.3, 0.4) is 0 Å². The molecule has 1 saturated heterocycles. The van der Waals surface area contributed by atoms with E-state index >= 15 is 0 Å². The summed E-state index contributed by atoms with van der Waals surface area (Å²) in [4.78, 5) is 10.4. The van der Waals surface area contributed by atoms with E-state index in [1.54, 1.807) is 0 Å². The molecule has 0 amide bonds. The smallest absolute Gasteiger partial charge is 0.140 e. The highest BCUT2D eigenvalue weighted by molar-refractivity contribution is 6.30. The fraction of sp³-hybridized carbons (Fsp3) is 0.667. The van der Waals surface area contributed by atoms with Gasteiger partial charge in [-0.2, -0.15) is 0 Å². The van der Waals surface area contributed by atoms with E-state index in [1.165, 1.54) is 25.6 Å². The molecule has 17 heavy (non-hydrogen) atoms. The van der Waals surface area contributed by atoms with Gasteiger partial charge in [0.15, 0.2) is 0 Å². The Labute approximate surface area is 107 Å². The Hall–Kier alpha value is -0.870. The van der Waals surface area contributed by atoms with Crippen LogP contribution >= 0.6 is 11.6 Å². The van der Waals surface area contributed by atoms with Gasteiger partial charge < -0.3 is 10.0 Å². The first kappa shape index (κ1) is 12.6. The number of rotatable bonds is 3. The van der Waals surface area contributed by atoms with Gasteiger partial charge in [-0.15, -0.1) is 0 Å². The lowest BCUT2D eigenvalue weighted by atomic mass is 9.94. The molecule has 1 fully saturated rings. The first-order chi connectivity index (χ1) is 8.26. The van der Waals surface area contributed by atoms with Gasteiger partial charge in [-0.25, -0.2) is 9.97 Å². The molecule has 2 rings (SSSR count). The average Bonchev–Trinajstić information content (AvgIpc) is 2.38. The number of piperidine rings is 1. The Bertz CT molecular complexity index is 378. The van der Waals surface area contributed by atoms with Crippen LogP contribution in [0.2, 0.25) is 5.15 Å². The molecule has 4 nitrogen and oxygen atoms in total. The van der Waals surface area contributed by atoms with Crippen molar-refractivity contribution in [2.75, 3.05) is 18.0 Å². The third-order valence-corrected chi connectivity index (χ3v) is 3.85. The van der Waals surface area contributed by atoms with Crippen LogP contribution in [-0.2, 0) is 6.61 Å². The van der Waals surface area contributed by atoms with Gasteiger partial charge in [0.2, 0.25) is 0 Å². The van der Waals surface area contributed by atoms with E-state index in [0.717, 1.165) is 24.8 Å². The minimum Gasteiger partial charge on any atom is -0.391 e. The highest BCUT2D eigenvalue weighted by Gasteiger charge is 2.21. The number of anilines is 1. The molecule has 0 spiro atoms. The molecule has 0 bridgehead atoms. The van der Waals surface area contributed by atoms with E-state index < -0.39 is 0 Å². The maximum atomic E-state index is 9.34. The molecule has 0 radical (unpaired) electrons. The van der Waals surface area contributed by atoms with E-state index in [1.807, 2.05) is 0 Å². The maximum Gasteiger partial charge on any atom is 0.140 e. The molecule has 0 aromatic carbocycles. The van der Waals surface area contributed by atoms with Gasteiger partial charge in [0.05, 0.1) is 12.2 Å². The molecule has 94 valence electrons. The molecule has 5 heteroatoms. The number of nitrogens with zero attached hydrogens (tertiary/aromatic N) is 3. The fourth-order valence-corrected chi connectivity index (χ4v) is 2.53. The Balaban J connectivity index is 2.15. The number of hydrogen-bond donors (Lipinski definition) is 1. The summed E-state index contributed by atoms with van der Waals surface area (Å²) in [6.45, 7) is 4.10. The van der Waals surface area contributed by atoms with Gasteiger partial charge in [-0.05, 0) is 18.8 Å². The zero-order chi connectivity index (χ0) is 12.3. The molecular formula is C12H18ClN3O. The van der Waals surface area contributed by atoms with Crippen molar-refractivity contribution in [3.05, 3.63) is 17.0 Å². The van der Waals surface area contributed by atoms with Gasteiger partial charge in [0.1, 0.15) is 17.3 Å². The molecule has 1 aromatic rings. The summed E-state index contributed by atoms with van der Waals surface area (Å²) in [5, 5.41) is 9.69. The van der Waals surface area contributed by atoms with E-state index in [0.29, 0.717) is 10.7 Å². The van der Waals surface area contributed by atoms with Crippen molar-refractivity contribution < 1.29 is 5.11 Å². The first-order valence-corrected chi connectivity index (χ1v) is 6.49. The van der Waals surface area contributed by atoms with E-state index in [9.17, 15) is 5.11 Å². The highest BCUT2D eigenvalue weighted by Crippen LogP contribution is 2.28. The van der Waals surface area contributed by atoms with E-state index in [4.69, 9.17) is 11.6 Å². The standard InChI is InChI=1S/C12H18ClN3O/c1-2-9-3-5-16(6-4-9)12-10(7-17)11(13)14-8-15-12/h8-9,17H,2-7H2,1H3. The number of aliphatic hydroxyl groups excluding tert-OH is 1. The topological polar surface area (TPSA) is 49.2 Å². The molecular weight excluding hydrogens is 238 g/mol. The summed E-state index contributed by atoms with van der Waals surface area (Å²) in [7, 11) is 0. The predicted octanol–water partition coefficient (Wildman–Crippen LogP) is 2.25. The Morgan fingerprint density at radius 1 is 1.41 bits per heavy atom. The molecule has 1 aromatic heterocycles. The summed E-state index contributed by atoms with van der Waals surface area (Å²) in [6.07, 6.45) is 5.07. The summed E-state index contributed by atoms with van der Waals surface area (Å²) in [6, 6.07) is 0. The first-order valence-electron chi connectivity index (χ1n) is 6.11. The lowest BCUT2D eigenvalue weighted by molar-refractivity contribution is 0.280. The summed E-state index contributed by atoms with van der Waals surface area (Å²) in [5.41, 5.74) is 0.643. The van der Waals surface area contributed by atoms with Crippen molar-refractivity contribution in [2.45, 2.75) is 32.8 Å². The highest BCUT2D eigenvalue weighted by atomic mass is 35.5. The fourth-order valence-electron chi connectivity index (χ4n) is 2.34. The maximum absolute atomic E-state index is 9.34. The van der Waals surface area contributed by atoms with Crippen LogP contribution in [0.25, 0.3) is 0 Å². The van der Waals surface area contributed by atoms with Crippen LogP contribution in [0.5, 0.6) is 0 Å². The predicted molar refractivity (Wildman–Crippen MR) is 68.2 cm³/mol. The van der Waals surface area contributed by atoms with Gasteiger partial charge >= 0.3 is 0 Å². The van der Waals surface area contributed by atoms with Crippen LogP contribution < -0.4 is 4.90 Å². The second-order valence-electron chi connectivity index (χ2n) is 4.46. The minimum atomic E-state index is -0.108. The van der Waals surface area contributed by atoms with Crippen molar-refractivity contribution in [1.29, 1.82) is 0 Å². The quantitative estimate of drug-likeness (QED) is 0.842. The summed E-state index contributed by atoms with van der Waals surface area (Å²) in [5.74, 6) is 1.61. The Kier molecular flexibility index (Phi) is 4.18. The van der Waals surface area contributed by atoms with Crippen LogP contribution in [-0.4, -0.2) is 28.2 Å². The lowest BCUT2D eigenvalue weighted by Gasteiger charge is -2.33. The minimum absolute atomic E-state index is 0.108. The molecule has 1 aliphatic heterocycles. The number of halogens is 1. The van der Waals surface area contributed by atoms with Crippen molar-refractivity contribution in [3.8, 4) is 0 Å². The summed E-state index contributed by atoms with van der Waals surface area (Å²) < 4.78 is 0. The van der Waals surface area contributed by atoms with Crippen LogP contribution in [0.1, 0.15) is 31.7 Å². The van der Waals surface area contributed by atoms with Crippen molar-refractivity contribution in [2.24, 2.45) is 5.92 Å². The van der Waals surface area contributed by atoms with Crippen LogP contribution in [0.15, 0.2) is 6.33 Å². The number of aromatic nitrogens is 2. The SMILES string of the molecule is CCC1CCN(c2ncnc(Cl)c2CO)CC1. The van der Waals surface area contributed by atoms with Gasteiger partial charge in [-0.1, -0.05) is 24.9 Å². The zero-order valence-corrected chi connectivity index (χ0v) is 10.8. The summed E-state index contributed by atoms with van der Waals surface area (Å²) >= 11 is 5.97. The molecule has 0 aliphatic carbocycles. The van der Waals surface area contributed by atoms with Crippen molar-refractivity contribution >= 4 is 17.4 Å². The van der Waals surface area contributed by atoms with E-state index in [2.05, 4.69) is 21.8 Å². The third-order valence-electron chi connectivity index (χ3n) is 3.52. The molecule has 0 unspecified atom stereocenters. The van der Waals surface area contributed by atoms with Gasteiger partial charge in [-0.3, -0.25) is 0 Å². The normalized spacial score (nSPS) is 17.5. The molecule has 0 saturated carbocycles. The van der Waals surface area contributed by atoms with Crippen LogP contribution in [0, 0.1) is 5.92 Å². The Morgan fingerprint density at radius 2 is 2.12 bits per heavy atom. The second kappa shape index (κ2) is 5.65. The monoisotopic (exact) mass is 255 g/mol. The molecule has 1 aliphatic rings. The molecule has 2 heterocycles. The number of aliphatic hydroxyl groups is 1. The van der Waals surface area contributed by atoms with Gasteiger partial charge in [0.25, 0.3) is 0 Å². The molecule has 1 N–H and O–H groups in total. The second-order valence-corrected chi connectivity index (χ2v) is 4.82. The molecule has 0 atom stereocenters. The Morgan fingerprint density at radius 3 is 2.71 bits per heavy atom. The average molecular weight is 256 g/mol. The third kappa shape index (κ3) is 2.69. The lowest BCUT2D eigenvalue weighted by Crippen LogP contribution is -2.34. The van der Waals surface area contributed by atoms with Crippen molar-refractivity contribution in [3.63, 3.8) is 0 Å². The number of hydrogen-bond acceptors (Lipinski definition) is 4. The van der Waals surface area contributed by atoms with E-state index in [-0.39, 0.29) is 6.61 Å². The van der Waals surface area contributed by atoms with Crippen molar-refractivity contribution in [1.82, 2.24) is 9.97 Å². The zero-order valence-electron chi connectivity index (χ0n) is 10.1. The largest absolute Gasteiger partial charge is 0.391 e. The van der Waals surface area contributed by atoms with Crippen LogP contribution in [0.4, 0.5) is 5.82 Å². The van der Waals surface area contributed by atoms with Gasteiger partial charge in [0, 0.05) is 13.1 Å².